The standard InChI is InChI=1S/C27H38N2O2Si/c1-21(2)28-20-24-9-6-10-26(18-24)25-11-14-29(15-12-25)27(30)19-23-8-5-7-22(17-23)13-16-32(3,4)31/h5-10,13,16-18,21,25,28,31H,11-12,14-15,19-20H2,1-4H3/b16-13+. The largest absolute Gasteiger partial charge is 0.428 e. The summed E-state index contributed by atoms with van der Waals surface area (Å²) in [6.07, 6.45) is 4.44. The van der Waals surface area contributed by atoms with Gasteiger partial charge in [0, 0.05) is 25.7 Å². The van der Waals surface area contributed by atoms with E-state index in [9.17, 15) is 9.59 Å². The fourth-order valence-corrected chi connectivity index (χ4v) is 4.73. The van der Waals surface area contributed by atoms with Gasteiger partial charge in [0.15, 0.2) is 0 Å². The molecule has 0 unspecified atom stereocenters. The number of rotatable bonds is 8. The summed E-state index contributed by atoms with van der Waals surface area (Å²) in [7, 11) is -2.22. The predicted molar refractivity (Wildman–Crippen MR) is 136 cm³/mol. The lowest BCUT2D eigenvalue weighted by Crippen LogP contribution is -2.38. The number of hydrogen-bond acceptors (Lipinski definition) is 3. The van der Waals surface area contributed by atoms with Gasteiger partial charge in [-0.1, -0.05) is 74.2 Å². The molecule has 2 N–H and O–H groups in total. The fourth-order valence-electron chi connectivity index (χ4n) is 4.13. The van der Waals surface area contributed by atoms with E-state index in [0.717, 1.165) is 43.6 Å². The van der Waals surface area contributed by atoms with Gasteiger partial charge in [0.05, 0.1) is 6.42 Å². The topological polar surface area (TPSA) is 52.6 Å². The normalized spacial score (nSPS) is 15.6. The second kappa shape index (κ2) is 11.1. The minimum absolute atomic E-state index is 0.205. The first-order chi connectivity index (χ1) is 15.2. The van der Waals surface area contributed by atoms with E-state index in [1.807, 2.05) is 48.0 Å². The average molecular weight is 451 g/mol. The highest BCUT2D eigenvalue weighted by molar-refractivity contribution is 6.75. The summed E-state index contributed by atoms with van der Waals surface area (Å²) < 4.78 is 0. The van der Waals surface area contributed by atoms with Crippen LogP contribution in [-0.4, -0.2) is 43.1 Å². The van der Waals surface area contributed by atoms with Gasteiger partial charge in [-0.05, 0) is 54.1 Å². The van der Waals surface area contributed by atoms with Crippen molar-refractivity contribution in [2.45, 2.75) is 64.7 Å². The van der Waals surface area contributed by atoms with Gasteiger partial charge in [0.2, 0.25) is 14.2 Å². The molecule has 1 aliphatic heterocycles. The molecule has 0 aliphatic carbocycles. The van der Waals surface area contributed by atoms with Crippen molar-refractivity contribution in [1.29, 1.82) is 0 Å². The quantitative estimate of drug-likeness (QED) is 0.564. The van der Waals surface area contributed by atoms with Crippen molar-refractivity contribution in [3.8, 4) is 0 Å². The minimum atomic E-state index is -2.22. The van der Waals surface area contributed by atoms with E-state index in [0.29, 0.717) is 18.4 Å². The monoisotopic (exact) mass is 450 g/mol. The van der Waals surface area contributed by atoms with E-state index in [4.69, 9.17) is 0 Å². The van der Waals surface area contributed by atoms with Crippen LogP contribution in [0.15, 0.2) is 54.2 Å². The molecule has 2 aromatic carbocycles. The van der Waals surface area contributed by atoms with Crippen molar-refractivity contribution < 1.29 is 9.59 Å². The number of benzene rings is 2. The summed E-state index contributed by atoms with van der Waals surface area (Å²) in [6, 6.07) is 17.5. The molecule has 0 spiro atoms. The van der Waals surface area contributed by atoms with Crippen molar-refractivity contribution in [2.75, 3.05) is 13.1 Å². The first-order valence-electron chi connectivity index (χ1n) is 11.8. The van der Waals surface area contributed by atoms with Gasteiger partial charge in [-0.3, -0.25) is 4.79 Å². The van der Waals surface area contributed by atoms with Gasteiger partial charge in [0.25, 0.3) is 0 Å². The first-order valence-corrected chi connectivity index (χ1v) is 14.8. The Morgan fingerprint density at radius 2 is 1.81 bits per heavy atom. The van der Waals surface area contributed by atoms with Crippen LogP contribution >= 0.6 is 0 Å². The molecule has 1 saturated heterocycles. The maximum Gasteiger partial charge on any atom is 0.226 e. The number of likely N-dealkylation sites (tertiary alicyclic amines) is 1. The van der Waals surface area contributed by atoms with E-state index in [1.165, 1.54) is 11.1 Å². The maximum atomic E-state index is 12.9. The van der Waals surface area contributed by atoms with Crippen LogP contribution in [0, 0.1) is 0 Å². The molecule has 32 heavy (non-hydrogen) atoms. The third kappa shape index (κ3) is 7.73. The number of piperidine rings is 1. The molecule has 0 bridgehead atoms. The Balaban J connectivity index is 1.54. The molecule has 5 heteroatoms. The molecule has 2 aromatic rings. The van der Waals surface area contributed by atoms with Crippen molar-refractivity contribution >= 4 is 20.3 Å². The average Bonchev–Trinajstić information content (AvgIpc) is 2.76. The second-order valence-electron chi connectivity index (χ2n) is 9.84. The molecule has 3 rings (SSSR count). The Kier molecular flexibility index (Phi) is 8.46. The van der Waals surface area contributed by atoms with Crippen LogP contribution in [0.2, 0.25) is 13.1 Å². The Bertz CT molecular complexity index is 925. The zero-order valence-corrected chi connectivity index (χ0v) is 21.0. The molecule has 0 atom stereocenters. The van der Waals surface area contributed by atoms with E-state index in [1.54, 1.807) is 0 Å². The molecule has 1 heterocycles. The van der Waals surface area contributed by atoms with Crippen molar-refractivity contribution in [3.63, 3.8) is 0 Å². The Labute approximate surface area is 194 Å². The van der Waals surface area contributed by atoms with Crippen LogP contribution in [0.3, 0.4) is 0 Å². The Morgan fingerprint density at radius 1 is 1.12 bits per heavy atom. The van der Waals surface area contributed by atoms with Crippen LogP contribution in [0.4, 0.5) is 0 Å². The van der Waals surface area contributed by atoms with E-state index >= 15 is 0 Å². The van der Waals surface area contributed by atoms with Gasteiger partial charge in [-0.15, -0.1) is 0 Å². The summed E-state index contributed by atoms with van der Waals surface area (Å²) in [5, 5.41) is 3.49. The van der Waals surface area contributed by atoms with Crippen molar-refractivity contribution in [1.82, 2.24) is 10.2 Å². The zero-order valence-electron chi connectivity index (χ0n) is 20.0. The molecule has 1 aliphatic rings. The Morgan fingerprint density at radius 3 is 2.50 bits per heavy atom. The lowest BCUT2D eigenvalue weighted by molar-refractivity contribution is -0.131. The molecule has 172 valence electrons. The van der Waals surface area contributed by atoms with Crippen LogP contribution < -0.4 is 5.32 Å². The maximum absolute atomic E-state index is 12.9. The predicted octanol–water partition coefficient (Wildman–Crippen LogP) is 4.88. The van der Waals surface area contributed by atoms with E-state index in [-0.39, 0.29) is 5.91 Å². The SMILES string of the molecule is CC(C)NCc1cccc(C2CCN(C(=O)Cc3cccc(/C=C/[Si](C)(C)O)c3)CC2)c1. The first kappa shape index (κ1) is 24.4. The molecule has 1 amide bonds. The molecule has 0 aromatic heterocycles. The molecule has 1 fully saturated rings. The number of amides is 1. The number of carbonyl (C=O) groups is 1. The van der Waals surface area contributed by atoms with Gasteiger partial charge in [-0.2, -0.15) is 0 Å². The number of carbonyl (C=O) groups excluding carboxylic acids is 1. The van der Waals surface area contributed by atoms with Crippen LogP contribution in [-0.2, 0) is 17.8 Å². The molecule has 4 nitrogen and oxygen atoms in total. The number of hydrogen-bond donors (Lipinski definition) is 2. The Hall–Kier alpha value is -2.21. The lowest BCUT2D eigenvalue weighted by Gasteiger charge is -2.32. The summed E-state index contributed by atoms with van der Waals surface area (Å²) in [5.74, 6) is 0.730. The fraction of sp³-hybridized carbons (Fsp3) is 0.444. The van der Waals surface area contributed by atoms with Crippen LogP contribution in [0.1, 0.15) is 54.9 Å². The zero-order chi connectivity index (χ0) is 23.1. The van der Waals surface area contributed by atoms with Gasteiger partial charge in [0.1, 0.15) is 0 Å². The third-order valence-electron chi connectivity index (χ3n) is 5.97. The third-order valence-corrected chi connectivity index (χ3v) is 6.96. The van der Waals surface area contributed by atoms with Gasteiger partial charge >= 0.3 is 0 Å². The second-order valence-corrected chi connectivity index (χ2v) is 13.5. The molecular formula is C27H38N2O2Si. The number of nitrogens with zero attached hydrogens (tertiary/aromatic N) is 1. The summed E-state index contributed by atoms with van der Waals surface area (Å²) in [6.45, 7) is 10.7. The van der Waals surface area contributed by atoms with Crippen LogP contribution in [0.5, 0.6) is 0 Å². The molecule has 0 radical (unpaired) electrons. The highest BCUT2D eigenvalue weighted by Gasteiger charge is 2.24. The minimum Gasteiger partial charge on any atom is -0.428 e. The van der Waals surface area contributed by atoms with Crippen molar-refractivity contribution in [2.24, 2.45) is 0 Å². The van der Waals surface area contributed by atoms with E-state index in [2.05, 4.69) is 49.5 Å². The summed E-state index contributed by atoms with van der Waals surface area (Å²) in [4.78, 5) is 24.9. The number of nitrogens with one attached hydrogen (secondary N) is 1. The summed E-state index contributed by atoms with van der Waals surface area (Å²) in [5.41, 5.74) is 6.70. The highest BCUT2D eigenvalue weighted by Crippen LogP contribution is 2.29. The molecular weight excluding hydrogens is 412 g/mol. The van der Waals surface area contributed by atoms with Crippen molar-refractivity contribution in [3.05, 3.63) is 76.5 Å². The summed E-state index contributed by atoms with van der Waals surface area (Å²) >= 11 is 0. The molecule has 0 saturated carbocycles. The lowest BCUT2D eigenvalue weighted by atomic mass is 9.88. The highest BCUT2D eigenvalue weighted by atomic mass is 28.4. The van der Waals surface area contributed by atoms with Gasteiger partial charge in [-0.25, -0.2) is 0 Å². The van der Waals surface area contributed by atoms with Crippen LogP contribution in [0.25, 0.3) is 6.08 Å². The van der Waals surface area contributed by atoms with Gasteiger partial charge < -0.3 is 15.0 Å². The van der Waals surface area contributed by atoms with E-state index < -0.39 is 8.32 Å². The smallest absolute Gasteiger partial charge is 0.226 e.